The minimum absolute atomic E-state index is 0.234. The summed E-state index contributed by atoms with van der Waals surface area (Å²) >= 11 is -0.942. The van der Waals surface area contributed by atoms with Gasteiger partial charge in [-0.3, -0.25) is 0 Å². The third kappa shape index (κ3) is 4.84. The maximum atomic E-state index is 13.7. The van der Waals surface area contributed by atoms with Crippen molar-refractivity contribution in [2.24, 2.45) is 0 Å². The number of aromatic nitrogens is 1. The van der Waals surface area contributed by atoms with Crippen LogP contribution in [0.3, 0.4) is 0 Å². The van der Waals surface area contributed by atoms with Crippen LogP contribution in [-0.4, -0.2) is 39.3 Å². The average Bonchev–Trinajstić information content (AvgIpc) is 2.63. The molecule has 0 aliphatic carbocycles. The zero-order chi connectivity index (χ0) is 18.4. The molecule has 2 atom stereocenters. The maximum absolute atomic E-state index is 13.7. The van der Waals surface area contributed by atoms with Gasteiger partial charge in [-0.2, -0.15) is 0 Å². The van der Waals surface area contributed by atoms with Gasteiger partial charge in [-0.1, -0.05) is 0 Å². The second-order valence-corrected chi connectivity index (χ2v) is 8.42. The summed E-state index contributed by atoms with van der Waals surface area (Å²) in [6, 6.07) is 8.81. The summed E-state index contributed by atoms with van der Waals surface area (Å²) in [5, 5.41) is 2.80. The van der Waals surface area contributed by atoms with Crippen molar-refractivity contribution in [3.63, 3.8) is 0 Å². The summed E-state index contributed by atoms with van der Waals surface area (Å²) in [6.45, 7) is 3.64. The number of carbonyl (C=O) groups excluding carboxylic acids is 1. The zero-order valence-corrected chi connectivity index (χ0v) is 16.5. The molecule has 1 unspecified atom stereocenters. The third-order valence-electron chi connectivity index (χ3n) is 3.85. The monoisotopic (exact) mass is 402 g/mol. The van der Waals surface area contributed by atoms with E-state index in [1.165, 1.54) is 6.07 Å². The molecule has 0 aliphatic rings. The van der Waals surface area contributed by atoms with Crippen LogP contribution in [-0.2, 0) is 0 Å². The van der Waals surface area contributed by atoms with Crippen LogP contribution in [0.5, 0.6) is 5.75 Å². The number of nitrogens with zero attached hydrogens (tertiary/aromatic N) is 1. The molecule has 0 aliphatic heterocycles. The van der Waals surface area contributed by atoms with Crippen LogP contribution in [0, 0.1) is 18.2 Å². The first kappa shape index (κ1) is 19.0. The molecule has 1 amide bonds. The number of terminal acetylenes is 1. The standard InChI is InChI=1S/C19H20AsFN2O2/c1-5-19(3,6-2)23-18(24)16-11-14(21)12-22-17(16)20-13-8-7-9-15(10-13)25-4/h1,7-12,20H,6H2,2-4H3,(H,23,24)/t19-/m1/s1. The summed E-state index contributed by atoms with van der Waals surface area (Å²) < 4.78 is 20.5. The molecule has 0 spiro atoms. The Morgan fingerprint density at radius 1 is 1.48 bits per heavy atom. The molecule has 0 radical (unpaired) electrons. The van der Waals surface area contributed by atoms with Crippen LogP contribution < -0.4 is 18.9 Å². The molecule has 2 rings (SSSR count). The van der Waals surface area contributed by atoms with E-state index in [2.05, 4.69) is 16.2 Å². The summed E-state index contributed by atoms with van der Waals surface area (Å²) in [5.74, 6) is 2.35. The molecule has 130 valence electrons. The fourth-order valence-corrected chi connectivity index (χ4v) is 4.44. The van der Waals surface area contributed by atoms with E-state index in [1.54, 1.807) is 14.0 Å². The van der Waals surface area contributed by atoms with Gasteiger partial charge in [0.2, 0.25) is 0 Å². The molecule has 1 N–H and O–H groups in total. The Labute approximate surface area is 153 Å². The van der Waals surface area contributed by atoms with Crippen molar-refractivity contribution in [3.8, 4) is 18.1 Å². The van der Waals surface area contributed by atoms with Gasteiger partial charge >= 0.3 is 154 Å². The topological polar surface area (TPSA) is 51.2 Å². The summed E-state index contributed by atoms with van der Waals surface area (Å²) in [4.78, 5) is 16.8. The number of amides is 1. The van der Waals surface area contributed by atoms with Crippen LogP contribution in [0.25, 0.3) is 0 Å². The van der Waals surface area contributed by atoms with Crippen LogP contribution in [0.2, 0.25) is 0 Å². The second-order valence-electron chi connectivity index (χ2n) is 5.69. The Kier molecular flexibility index (Phi) is 6.22. The van der Waals surface area contributed by atoms with Crippen molar-refractivity contribution < 1.29 is 13.9 Å². The first-order valence-electron chi connectivity index (χ1n) is 7.77. The first-order valence-corrected chi connectivity index (χ1v) is 9.87. The molecule has 6 heteroatoms. The summed E-state index contributed by atoms with van der Waals surface area (Å²) in [6.07, 6.45) is 7.21. The van der Waals surface area contributed by atoms with Crippen molar-refractivity contribution in [2.75, 3.05) is 7.11 Å². The third-order valence-corrected chi connectivity index (χ3v) is 6.44. The van der Waals surface area contributed by atoms with E-state index < -0.39 is 33.0 Å². The van der Waals surface area contributed by atoms with E-state index in [9.17, 15) is 9.18 Å². The molecule has 1 aromatic carbocycles. The minimum atomic E-state index is -0.942. The van der Waals surface area contributed by atoms with Crippen LogP contribution in [0.4, 0.5) is 4.39 Å². The van der Waals surface area contributed by atoms with Gasteiger partial charge in [0, 0.05) is 0 Å². The van der Waals surface area contributed by atoms with E-state index in [0.717, 1.165) is 16.3 Å². The van der Waals surface area contributed by atoms with E-state index in [1.807, 2.05) is 31.2 Å². The predicted octanol–water partition coefficient (Wildman–Crippen LogP) is 1.15. The zero-order valence-electron chi connectivity index (χ0n) is 14.4. The van der Waals surface area contributed by atoms with Gasteiger partial charge in [-0.05, 0) is 0 Å². The van der Waals surface area contributed by atoms with E-state index in [4.69, 9.17) is 11.2 Å². The Morgan fingerprint density at radius 2 is 2.24 bits per heavy atom. The van der Waals surface area contributed by atoms with Gasteiger partial charge in [0.15, 0.2) is 0 Å². The fraction of sp³-hybridized carbons (Fsp3) is 0.263. The molecule has 0 fully saturated rings. The number of ether oxygens (including phenoxy) is 1. The second kappa shape index (κ2) is 8.18. The number of methoxy groups -OCH3 is 1. The van der Waals surface area contributed by atoms with Crippen LogP contribution in [0.1, 0.15) is 30.6 Å². The molecular weight excluding hydrogens is 382 g/mol. The van der Waals surface area contributed by atoms with Gasteiger partial charge in [0.05, 0.1) is 0 Å². The number of carbonyl (C=O) groups is 1. The molecule has 0 saturated carbocycles. The Morgan fingerprint density at radius 3 is 2.88 bits per heavy atom. The van der Waals surface area contributed by atoms with Crippen molar-refractivity contribution >= 4 is 30.5 Å². The molecule has 1 aromatic heterocycles. The van der Waals surface area contributed by atoms with Crippen LogP contribution in [0.15, 0.2) is 36.5 Å². The number of rotatable bonds is 6. The van der Waals surface area contributed by atoms with Crippen molar-refractivity contribution in [1.82, 2.24) is 10.3 Å². The molecule has 1 heterocycles. The number of hydrogen-bond acceptors (Lipinski definition) is 3. The Balaban J connectivity index is 2.34. The number of halogens is 1. The molecule has 2 aromatic rings. The molecule has 0 bridgehead atoms. The van der Waals surface area contributed by atoms with Crippen LogP contribution >= 0.6 is 0 Å². The van der Waals surface area contributed by atoms with Crippen molar-refractivity contribution in [2.45, 2.75) is 25.8 Å². The Hall–Kier alpha value is -2.31. The number of benzene rings is 1. The number of hydrogen-bond donors (Lipinski definition) is 1. The molecule has 0 saturated heterocycles. The number of nitrogens with one attached hydrogen (secondary N) is 1. The summed E-state index contributed by atoms with van der Waals surface area (Å²) in [5.41, 5.74) is -0.547. The quantitative estimate of drug-likeness (QED) is 0.583. The van der Waals surface area contributed by atoms with E-state index >= 15 is 0 Å². The van der Waals surface area contributed by atoms with E-state index in [0.29, 0.717) is 10.9 Å². The first-order chi connectivity index (χ1) is 11.9. The van der Waals surface area contributed by atoms with Crippen molar-refractivity contribution in [3.05, 3.63) is 47.9 Å². The van der Waals surface area contributed by atoms with Gasteiger partial charge in [-0.15, -0.1) is 0 Å². The van der Waals surface area contributed by atoms with Gasteiger partial charge in [-0.25, -0.2) is 0 Å². The fourth-order valence-electron chi connectivity index (χ4n) is 2.09. The Bertz CT molecular complexity index is 819. The van der Waals surface area contributed by atoms with Crippen molar-refractivity contribution in [1.29, 1.82) is 0 Å². The SMILES string of the molecule is C#C[C@](C)(CC)NC(=O)c1cc(F)cnc1[AsH]c1cccc(OC)c1. The van der Waals surface area contributed by atoms with Gasteiger partial charge < -0.3 is 0 Å². The van der Waals surface area contributed by atoms with E-state index in [-0.39, 0.29) is 5.56 Å². The molecule has 4 nitrogen and oxygen atoms in total. The average molecular weight is 402 g/mol. The normalized spacial score (nSPS) is 13.2. The van der Waals surface area contributed by atoms with Gasteiger partial charge in [0.25, 0.3) is 0 Å². The van der Waals surface area contributed by atoms with Gasteiger partial charge in [0.1, 0.15) is 0 Å². The summed E-state index contributed by atoms with van der Waals surface area (Å²) in [7, 11) is 1.60. The number of pyridine rings is 1. The molecule has 25 heavy (non-hydrogen) atoms. The predicted molar refractivity (Wildman–Crippen MR) is 98.6 cm³/mol. The molecular formula is C19H20AsFN2O2.